The summed E-state index contributed by atoms with van der Waals surface area (Å²) in [4.78, 5) is 0.333. The van der Waals surface area contributed by atoms with Gasteiger partial charge in [-0.1, -0.05) is 36.4 Å². The van der Waals surface area contributed by atoms with Crippen LogP contribution in [0.3, 0.4) is 0 Å². The van der Waals surface area contributed by atoms with Crippen molar-refractivity contribution in [1.82, 2.24) is 4.31 Å². The number of methoxy groups -OCH3 is 2. The standard InChI is InChI=1S/C21H21NO4S2/c1-25-16-10-11-19(26-2)18(14-16)21-22(12-13-27-21)28(23,24)20-9-5-7-15-6-3-4-8-17(15)20/h3-11,14,21H,12-13H2,1-2H3/t21-/m0/s1. The fourth-order valence-electron chi connectivity index (χ4n) is 3.53. The number of sulfonamides is 1. The maximum atomic E-state index is 13.6. The monoisotopic (exact) mass is 415 g/mol. The van der Waals surface area contributed by atoms with Crippen molar-refractivity contribution in [3.05, 3.63) is 66.2 Å². The van der Waals surface area contributed by atoms with Crippen LogP contribution in [0.2, 0.25) is 0 Å². The van der Waals surface area contributed by atoms with Gasteiger partial charge in [0.2, 0.25) is 10.0 Å². The minimum Gasteiger partial charge on any atom is -0.497 e. The molecular formula is C21H21NO4S2. The number of hydrogen-bond donors (Lipinski definition) is 0. The van der Waals surface area contributed by atoms with Crippen molar-refractivity contribution in [3.8, 4) is 11.5 Å². The molecule has 0 unspecified atom stereocenters. The second-order valence-electron chi connectivity index (χ2n) is 6.42. The lowest BCUT2D eigenvalue weighted by molar-refractivity contribution is 0.383. The largest absolute Gasteiger partial charge is 0.497 e. The van der Waals surface area contributed by atoms with E-state index in [2.05, 4.69) is 0 Å². The fourth-order valence-corrected chi connectivity index (χ4v) is 6.99. The number of ether oxygens (including phenoxy) is 2. The zero-order chi connectivity index (χ0) is 19.7. The van der Waals surface area contributed by atoms with Crippen LogP contribution in [0.25, 0.3) is 10.8 Å². The molecule has 1 aliphatic heterocycles. The van der Waals surface area contributed by atoms with Crippen molar-refractivity contribution in [2.75, 3.05) is 26.5 Å². The third-order valence-electron chi connectivity index (χ3n) is 4.89. The van der Waals surface area contributed by atoms with E-state index < -0.39 is 10.0 Å². The molecule has 0 aromatic heterocycles. The van der Waals surface area contributed by atoms with Crippen LogP contribution in [0.4, 0.5) is 0 Å². The van der Waals surface area contributed by atoms with E-state index in [9.17, 15) is 8.42 Å². The van der Waals surface area contributed by atoms with Crippen molar-refractivity contribution < 1.29 is 17.9 Å². The molecule has 4 rings (SSSR count). The van der Waals surface area contributed by atoms with Gasteiger partial charge in [-0.2, -0.15) is 4.31 Å². The van der Waals surface area contributed by atoms with E-state index in [1.807, 2.05) is 48.5 Å². The molecule has 1 heterocycles. The maximum absolute atomic E-state index is 13.6. The average Bonchev–Trinajstić information content (AvgIpc) is 3.23. The van der Waals surface area contributed by atoms with Gasteiger partial charge in [-0.15, -0.1) is 11.8 Å². The van der Waals surface area contributed by atoms with Gasteiger partial charge in [0.25, 0.3) is 0 Å². The van der Waals surface area contributed by atoms with Gasteiger partial charge in [-0.25, -0.2) is 8.42 Å². The molecule has 1 fully saturated rings. The highest BCUT2D eigenvalue weighted by Crippen LogP contribution is 2.46. The Morgan fingerprint density at radius 1 is 1.00 bits per heavy atom. The zero-order valence-electron chi connectivity index (χ0n) is 15.7. The highest BCUT2D eigenvalue weighted by atomic mass is 32.2. The predicted molar refractivity (Wildman–Crippen MR) is 113 cm³/mol. The van der Waals surface area contributed by atoms with Crippen molar-refractivity contribution in [1.29, 1.82) is 0 Å². The molecule has 1 saturated heterocycles. The van der Waals surface area contributed by atoms with Crippen molar-refractivity contribution >= 4 is 32.6 Å². The van der Waals surface area contributed by atoms with Gasteiger partial charge in [0, 0.05) is 23.2 Å². The Bertz CT molecular complexity index is 1110. The fraction of sp³-hybridized carbons (Fsp3) is 0.238. The Hall–Kier alpha value is -2.22. The smallest absolute Gasteiger partial charge is 0.245 e. The molecule has 3 aromatic carbocycles. The summed E-state index contributed by atoms with van der Waals surface area (Å²) >= 11 is 1.59. The minimum atomic E-state index is -3.69. The summed E-state index contributed by atoms with van der Waals surface area (Å²) in [6.45, 7) is 0.446. The van der Waals surface area contributed by atoms with Crippen molar-refractivity contribution in [3.63, 3.8) is 0 Å². The highest BCUT2D eigenvalue weighted by Gasteiger charge is 2.39. The Morgan fingerprint density at radius 2 is 1.79 bits per heavy atom. The van der Waals surface area contributed by atoms with Gasteiger partial charge in [-0.3, -0.25) is 0 Å². The second kappa shape index (κ2) is 7.66. The van der Waals surface area contributed by atoms with Crippen LogP contribution in [0.15, 0.2) is 65.6 Å². The Morgan fingerprint density at radius 3 is 2.57 bits per heavy atom. The summed E-state index contributed by atoms with van der Waals surface area (Å²) < 4.78 is 39.7. The molecule has 0 aliphatic carbocycles. The molecule has 0 spiro atoms. The van der Waals surface area contributed by atoms with E-state index >= 15 is 0 Å². The van der Waals surface area contributed by atoms with E-state index in [-0.39, 0.29) is 5.37 Å². The SMILES string of the molecule is COc1ccc(OC)c([C@@H]2SCCN2S(=O)(=O)c2cccc3ccccc23)c1. The van der Waals surface area contributed by atoms with E-state index in [1.54, 1.807) is 42.4 Å². The predicted octanol–water partition coefficient (Wildman–Crippen LogP) is 4.29. The molecule has 1 aliphatic rings. The molecule has 3 aromatic rings. The molecule has 0 radical (unpaired) electrons. The van der Waals surface area contributed by atoms with Gasteiger partial charge in [0.1, 0.15) is 11.5 Å². The summed E-state index contributed by atoms with van der Waals surface area (Å²) in [5, 5.41) is 1.28. The van der Waals surface area contributed by atoms with Crippen molar-refractivity contribution in [2.45, 2.75) is 10.3 Å². The summed E-state index contributed by atoms with van der Waals surface area (Å²) in [6, 6.07) is 18.4. The molecule has 0 N–H and O–H groups in total. The molecule has 0 saturated carbocycles. The van der Waals surface area contributed by atoms with Crippen LogP contribution >= 0.6 is 11.8 Å². The lowest BCUT2D eigenvalue weighted by atomic mass is 10.1. The van der Waals surface area contributed by atoms with E-state index in [4.69, 9.17) is 9.47 Å². The van der Waals surface area contributed by atoms with Gasteiger partial charge in [0.05, 0.1) is 24.5 Å². The molecule has 28 heavy (non-hydrogen) atoms. The van der Waals surface area contributed by atoms with Gasteiger partial charge >= 0.3 is 0 Å². The minimum absolute atomic E-state index is 0.333. The van der Waals surface area contributed by atoms with Gasteiger partial charge < -0.3 is 9.47 Å². The average molecular weight is 416 g/mol. The number of fused-ring (bicyclic) bond motifs is 1. The quantitative estimate of drug-likeness (QED) is 0.622. The molecule has 7 heteroatoms. The number of nitrogens with zero attached hydrogens (tertiary/aromatic N) is 1. The first-order valence-corrected chi connectivity index (χ1v) is 11.4. The third kappa shape index (κ3) is 3.23. The summed E-state index contributed by atoms with van der Waals surface area (Å²) in [5.74, 6) is 2.04. The highest BCUT2D eigenvalue weighted by molar-refractivity contribution is 8.01. The summed E-state index contributed by atoms with van der Waals surface area (Å²) in [6.07, 6.45) is 0. The zero-order valence-corrected chi connectivity index (χ0v) is 17.3. The molecule has 5 nitrogen and oxygen atoms in total. The third-order valence-corrected chi connectivity index (χ3v) is 8.19. The molecule has 0 amide bonds. The Kier molecular flexibility index (Phi) is 5.23. The summed E-state index contributed by atoms with van der Waals surface area (Å²) in [5.41, 5.74) is 0.799. The van der Waals surface area contributed by atoms with Crippen LogP contribution in [0.5, 0.6) is 11.5 Å². The van der Waals surface area contributed by atoms with Gasteiger partial charge in [-0.05, 0) is 29.7 Å². The lowest BCUT2D eigenvalue weighted by Crippen LogP contribution is -2.31. The van der Waals surface area contributed by atoms with E-state index in [0.717, 1.165) is 22.1 Å². The summed E-state index contributed by atoms with van der Waals surface area (Å²) in [7, 11) is -0.504. The Labute approximate surface area is 169 Å². The van der Waals surface area contributed by atoms with Crippen LogP contribution in [-0.4, -0.2) is 39.2 Å². The lowest BCUT2D eigenvalue weighted by Gasteiger charge is -2.25. The Balaban J connectivity index is 1.82. The number of rotatable bonds is 5. The van der Waals surface area contributed by atoms with E-state index in [0.29, 0.717) is 22.9 Å². The van der Waals surface area contributed by atoms with Crippen molar-refractivity contribution in [2.24, 2.45) is 0 Å². The van der Waals surface area contributed by atoms with Crippen LogP contribution < -0.4 is 9.47 Å². The first-order chi connectivity index (χ1) is 13.6. The van der Waals surface area contributed by atoms with Crippen LogP contribution in [0, 0.1) is 0 Å². The molecule has 146 valence electrons. The first kappa shape index (κ1) is 19.1. The van der Waals surface area contributed by atoms with E-state index in [1.165, 1.54) is 0 Å². The topological polar surface area (TPSA) is 55.8 Å². The second-order valence-corrected chi connectivity index (χ2v) is 9.47. The molecular weight excluding hydrogens is 394 g/mol. The normalized spacial score (nSPS) is 17.7. The molecule has 1 atom stereocenters. The van der Waals surface area contributed by atoms with Crippen LogP contribution in [0.1, 0.15) is 10.9 Å². The molecule has 0 bridgehead atoms. The first-order valence-electron chi connectivity index (χ1n) is 8.89. The maximum Gasteiger partial charge on any atom is 0.245 e. The van der Waals surface area contributed by atoms with Gasteiger partial charge in [0.15, 0.2) is 0 Å². The van der Waals surface area contributed by atoms with Crippen LogP contribution in [-0.2, 0) is 10.0 Å². The number of hydrogen-bond acceptors (Lipinski definition) is 5. The number of thioether (sulfide) groups is 1. The number of benzene rings is 3.